The number of aromatic nitrogens is 2. The molecular weight excluding hydrogens is 360 g/mol. The summed E-state index contributed by atoms with van der Waals surface area (Å²) in [6, 6.07) is 8.68. The zero-order valence-electron chi connectivity index (χ0n) is 18.2. The first-order valence-corrected chi connectivity index (χ1v) is 11.1. The lowest BCUT2D eigenvalue weighted by Gasteiger charge is -2.30. The summed E-state index contributed by atoms with van der Waals surface area (Å²) in [5.74, 6) is 0.648. The highest BCUT2D eigenvalue weighted by atomic mass is 16.1. The lowest BCUT2D eigenvalue weighted by atomic mass is 9.84. The third-order valence-electron chi connectivity index (χ3n) is 6.41. The van der Waals surface area contributed by atoms with Gasteiger partial charge in [0.15, 0.2) is 0 Å². The number of carbonyl (C=O) groups is 1. The molecule has 1 heterocycles. The molecule has 1 aliphatic carbocycles. The molecule has 0 radical (unpaired) electrons. The van der Waals surface area contributed by atoms with E-state index in [1.165, 1.54) is 48.8 Å². The Balaban J connectivity index is 1.57. The average Bonchev–Trinajstić information content (AvgIpc) is 2.99. The zero-order valence-corrected chi connectivity index (χ0v) is 18.2. The highest BCUT2D eigenvalue weighted by Gasteiger charge is 2.24. The maximum absolute atomic E-state index is 12.6. The van der Waals surface area contributed by atoms with Gasteiger partial charge in [-0.1, -0.05) is 49.1 Å². The Morgan fingerprint density at radius 2 is 1.86 bits per heavy atom. The van der Waals surface area contributed by atoms with Gasteiger partial charge in [0.2, 0.25) is 5.91 Å². The number of rotatable bonds is 8. The van der Waals surface area contributed by atoms with Gasteiger partial charge in [0.25, 0.3) is 0 Å². The summed E-state index contributed by atoms with van der Waals surface area (Å²) in [4.78, 5) is 12.6. The van der Waals surface area contributed by atoms with Crippen molar-refractivity contribution in [2.75, 3.05) is 6.54 Å². The quantitative estimate of drug-likeness (QED) is 0.712. The molecule has 1 aromatic heterocycles. The van der Waals surface area contributed by atoms with Gasteiger partial charge in [-0.15, -0.1) is 0 Å². The predicted molar refractivity (Wildman–Crippen MR) is 118 cm³/mol. The first-order valence-electron chi connectivity index (χ1n) is 11.1. The highest BCUT2D eigenvalue weighted by Crippen LogP contribution is 2.26. The van der Waals surface area contributed by atoms with Crippen molar-refractivity contribution in [2.24, 2.45) is 11.7 Å². The molecule has 29 heavy (non-hydrogen) atoms. The fourth-order valence-electron chi connectivity index (χ4n) is 4.54. The van der Waals surface area contributed by atoms with E-state index in [1.54, 1.807) is 0 Å². The Labute approximate surface area is 175 Å². The van der Waals surface area contributed by atoms with Crippen LogP contribution in [0.1, 0.15) is 66.6 Å². The van der Waals surface area contributed by atoms with Crippen molar-refractivity contribution < 1.29 is 4.79 Å². The molecule has 3 N–H and O–H groups in total. The Morgan fingerprint density at radius 1 is 1.17 bits per heavy atom. The lowest BCUT2D eigenvalue weighted by molar-refractivity contribution is -0.122. The van der Waals surface area contributed by atoms with Crippen LogP contribution in [0, 0.1) is 26.7 Å². The van der Waals surface area contributed by atoms with Crippen molar-refractivity contribution >= 4 is 5.91 Å². The van der Waals surface area contributed by atoms with Gasteiger partial charge in [-0.3, -0.25) is 9.48 Å². The molecule has 1 fully saturated rings. The van der Waals surface area contributed by atoms with Crippen molar-refractivity contribution in [2.45, 2.75) is 78.3 Å². The summed E-state index contributed by atoms with van der Waals surface area (Å²) in [5, 5.41) is 7.93. The smallest absolute Gasteiger partial charge is 0.220 e. The van der Waals surface area contributed by atoms with E-state index in [-0.39, 0.29) is 11.9 Å². The molecule has 158 valence electrons. The van der Waals surface area contributed by atoms with Crippen LogP contribution in [0.2, 0.25) is 0 Å². The number of nitrogens with one attached hydrogen (secondary N) is 1. The summed E-state index contributed by atoms with van der Waals surface area (Å²) in [7, 11) is 0. The third kappa shape index (κ3) is 5.69. The second-order valence-corrected chi connectivity index (χ2v) is 8.60. The predicted octanol–water partition coefficient (Wildman–Crippen LogP) is 3.81. The lowest BCUT2D eigenvalue weighted by Crippen LogP contribution is -2.46. The molecule has 1 unspecified atom stereocenters. The van der Waals surface area contributed by atoms with Gasteiger partial charge in [-0.2, -0.15) is 5.10 Å². The van der Waals surface area contributed by atoms with E-state index in [1.807, 2.05) is 6.92 Å². The van der Waals surface area contributed by atoms with Crippen LogP contribution in [-0.4, -0.2) is 28.3 Å². The summed E-state index contributed by atoms with van der Waals surface area (Å²) in [6.45, 7) is 7.53. The summed E-state index contributed by atoms with van der Waals surface area (Å²) < 4.78 is 2.05. The minimum Gasteiger partial charge on any atom is -0.352 e. The van der Waals surface area contributed by atoms with Crippen LogP contribution in [0.25, 0.3) is 0 Å². The van der Waals surface area contributed by atoms with E-state index in [0.717, 1.165) is 24.4 Å². The number of carbonyl (C=O) groups excluding carboxylic acids is 1. The van der Waals surface area contributed by atoms with Crippen LogP contribution >= 0.6 is 0 Å². The molecule has 1 amide bonds. The molecule has 1 aliphatic rings. The Kier molecular flexibility index (Phi) is 7.48. The molecule has 1 aromatic carbocycles. The second kappa shape index (κ2) is 10.1. The molecule has 5 nitrogen and oxygen atoms in total. The standard InChI is InChI=1S/C24H36N4O/c1-17-9-11-20(12-10-17)16-28-19(3)22(18(2)27-28)13-14-24(29)26-23(15-25)21-7-5-4-6-8-21/h9-12,21,23H,4-8,13-16,25H2,1-3H3,(H,26,29). The van der Waals surface area contributed by atoms with Crippen molar-refractivity contribution in [3.63, 3.8) is 0 Å². The molecular formula is C24H36N4O. The van der Waals surface area contributed by atoms with Gasteiger partial charge in [-0.25, -0.2) is 0 Å². The average molecular weight is 397 g/mol. The van der Waals surface area contributed by atoms with E-state index >= 15 is 0 Å². The third-order valence-corrected chi connectivity index (χ3v) is 6.41. The van der Waals surface area contributed by atoms with Gasteiger partial charge in [0.05, 0.1) is 12.2 Å². The fourth-order valence-corrected chi connectivity index (χ4v) is 4.54. The summed E-state index contributed by atoms with van der Waals surface area (Å²) >= 11 is 0. The number of hydrogen-bond acceptors (Lipinski definition) is 3. The first-order chi connectivity index (χ1) is 14.0. The zero-order chi connectivity index (χ0) is 20.8. The summed E-state index contributed by atoms with van der Waals surface area (Å²) in [6.07, 6.45) is 7.41. The minimum absolute atomic E-state index is 0.108. The van der Waals surface area contributed by atoms with Gasteiger partial charge in [0.1, 0.15) is 0 Å². The van der Waals surface area contributed by atoms with Crippen molar-refractivity contribution in [1.82, 2.24) is 15.1 Å². The largest absolute Gasteiger partial charge is 0.352 e. The van der Waals surface area contributed by atoms with Crippen LogP contribution in [0.4, 0.5) is 0 Å². The van der Waals surface area contributed by atoms with Crippen molar-refractivity contribution in [3.05, 3.63) is 52.3 Å². The van der Waals surface area contributed by atoms with E-state index in [0.29, 0.717) is 18.9 Å². The van der Waals surface area contributed by atoms with Gasteiger partial charge < -0.3 is 11.1 Å². The van der Waals surface area contributed by atoms with Crippen LogP contribution in [0.3, 0.4) is 0 Å². The maximum Gasteiger partial charge on any atom is 0.220 e. The first kappa shape index (κ1) is 21.6. The summed E-state index contributed by atoms with van der Waals surface area (Å²) in [5.41, 5.74) is 11.8. The maximum atomic E-state index is 12.6. The molecule has 2 aromatic rings. The van der Waals surface area contributed by atoms with Crippen LogP contribution < -0.4 is 11.1 Å². The van der Waals surface area contributed by atoms with Crippen LogP contribution in [0.5, 0.6) is 0 Å². The number of amides is 1. The van der Waals surface area contributed by atoms with Gasteiger partial charge in [-0.05, 0) is 57.1 Å². The molecule has 3 rings (SSSR count). The highest BCUT2D eigenvalue weighted by molar-refractivity contribution is 5.76. The van der Waals surface area contributed by atoms with Crippen LogP contribution in [0.15, 0.2) is 24.3 Å². The molecule has 0 aliphatic heterocycles. The number of nitrogens with zero attached hydrogens (tertiary/aromatic N) is 2. The van der Waals surface area contributed by atoms with E-state index < -0.39 is 0 Å². The number of nitrogens with two attached hydrogens (primary N) is 1. The number of aryl methyl sites for hydroxylation is 2. The SMILES string of the molecule is Cc1ccc(Cn2nc(C)c(CCC(=O)NC(CN)C3CCCCC3)c2C)cc1. The van der Waals surface area contributed by atoms with E-state index in [2.05, 4.69) is 48.1 Å². The fraction of sp³-hybridized carbons (Fsp3) is 0.583. The second-order valence-electron chi connectivity index (χ2n) is 8.60. The monoisotopic (exact) mass is 396 g/mol. The molecule has 0 saturated heterocycles. The normalized spacial score (nSPS) is 16.0. The Bertz CT molecular complexity index is 803. The van der Waals surface area contributed by atoms with Crippen molar-refractivity contribution in [1.29, 1.82) is 0 Å². The molecule has 0 bridgehead atoms. The van der Waals surface area contributed by atoms with Gasteiger partial charge >= 0.3 is 0 Å². The number of benzene rings is 1. The van der Waals surface area contributed by atoms with E-state index in [9.17, 15) is 4.79 Å². The van der Waals surface area contributed by atoms with Gasteiger partial charge in [0, 0.05) is 24.7 Å². The topological polar surface area (TPSA) is 72.9 Å². The molecule has 5 heteroatoms. The molecule has 1 saturated carbocycles. The van der Waals surface area contributed by atoms with E-state index in [4.69, 9.17) is 10.8 Å². The Morgan fingerprint density at radius 3 is 2.52 bits per heavy atom. The molecule has 0 spiro atoms. The minimum atomic E-state index is 0.108. The Hall–Kier alpha value is -2.14. The van der Waals surface area contributed by atoms with Crippen LogP contribution in [-0.2, 0) is 17.8 Å². The number of hydrogen-bond donors (Lipinski definition) is 2. The van der Waals surface area contributed by atoms with Crippen molar-refractivity contribution in [3.8, 4) is 0 Å². The molecule has 1 atom stereocenters.